The van der Waals surface area contributed by atoms with Gasteiger partial charge in [-0.1, -0.05) is 83.2 Å². The van der Waals surface area contributed by atoms with Gasteiger partial charge in [-0.2, -0.15) is 0 Å². The first-order valence-electron chi connectivity index (χ1n) is 19.1. The topological polar surface area (TPSA) is 149 Å². The molecule has 0 unspecified atom stereocenters. The van der Waals surface area contributed by atoms with Gasteiger partial charge in [-0.05, 0) is 70.3 Å². The average Bonchev–Trinajstić information content (AvgIpc) is 3.07. The normalized spacial score (nSPS) is 16.8. The summed E-state index contributed by atoms with van der Waals surface area (Å²) in [4.78, 5) is 55.7. The van der Waals surface area contributed by atoms with Crippen LogP contribution in [0.4, 0.5) is 4.79 Å². The Balaban J connectivity index is 1.98. The lowest BCUT2D eigenvalue weighted by atomic mass is 9.82. The molecular formula is C40H68N4O7. The molecule has 1 aromatic rings. The fraction of sp³-hybridized carbons (Fsp3) is 0.750. The molecule has 0 spiro atoms. The van der Waals surface area contributed by atoms with Gasteiger partial charge in [0.25, 0.3) is 0 Å². The van der Waals surface area contributed by atoms with E-state index in [1.54, 1.807) is 25.9 Å². The molecule has 11 heteroatoms. The van der Waals surface area contributed by atoms with Gasteiger partial charge in [0.05, 0.1) is 24.0 Å². The van der Waals surface area contributed by atoms with Crippen LogP contribution in [-0.2, 0) is 25.5 Å². The maximum atomic E-state index is 13.6. The minimum absolute atomic E-state index is 0.0129. The number of carbonyl (C=O) groups excluding carboxylic acids is 4. The fourth-order valence-electron chi connectivity index (χ4n) is 6.55. The highest BCUT2D eigenvalue weighted by Gasteiger charge is 2.32. The second-order valence-corrected chi connectivity index (χ2v) is 16.2. The van der Waals surface area contributed by atoms with E-state index >= 15 is 0 Å². The van der Waals surface area contributed by atoms with E-state index in [4.69, 9.17) is 4.74 Å². The number of hydrogen-bond donors (Lipinski definition) is 4. The SMILES string of the molecule is CC(C)C[C@H](O)[C@H](O)[C@H](CC1CCCCC1)NC(=O)[C@H](C)CNC(=O)[C@@H](CC(=O)N(C)CCCCN(C)C(=O)OC(C)(C)C)Cc1ccccc1. The summed E-state index contributed by atoms with van der Waals surface area (Å²) in [6.45, 7) is 12.2. The molecule has 1 aromatic carbocycles. The van der Waals surface area contributed by atoms with Crippen molar-refractivity contribution in [1.29, 1.82) is 0 Å². The smallest absolute Gasteiger partial charge is 0.410 e. The second-order valence-electron chi connectivity index (χ2n) is 16.2. The number of amides is 4. The Labute approximate surface area is 307 Å². The number of aliphatic hydroxyl groups is 2. The molecule has 290 valence electrons. The zero-order chi connectivity index (χ0) is 38.1. The molecule has 4 amide bonds. The van der Waals surface area contributed by atoms with Crippen molar-refractivity contribution in [3.8, 4) is 0 Å². The number of carbonyl (C=O) groups is 4. The Bertz CT molecular complexity index is 1200. The largest absolute Gasteiger partial charge is 0.444 e. The first-order chi connectivity index (χ1) is 24.0. The van der Waals surface area contributed by atoms with Crippen molar-refractivity contribution in [2.45, 2.75) is 136 Å². The Morgan fingerprint density at radius 1 is 0.902 bits per heavy atom. The van der Waals surface area contributed by atoms with Crippen molar-refractivity contribution >= 4 is 23.8 Å². The number of nitrogens with zero attached hydrogens (tertiary/aromatic N) is 2. The number of unbranched alkanes of at least 4 members (excludes halogenated alkanes) is 1. The number of nitrogens with one attached hydrogen (secondary N) is 2. The zero-order valence-electron chi connectivity index (χ0n) is 32.7. The maximum absolute atomic E-state index is 13.6. The summed E-state index contributed by atoms with van der Waals surface area (Å²) in [5, 5.41) is 27.8. The van der Waals surface area contributed by atoms with Gasteiger partial charge < -0.3 is 35.4 Å². The van der Waals surface area contributed by atoms with Crippen LogP contribution in [0.5, 0.6) is 0 Å². The molecule has 2 rings (SSSR count). The van der Waals surface area contributed by atoms with Crippen molar-refractivity contribution in [3.63, 3.8) is 0 Å². The van der Waals surface area contributed by atoms with E-state index in [0.29, 0.717) is 51.1 Å². The van der Waals surface area contributed by atoms with Gasteiger partial charge in [0.1, 0.15) is 11.7 Å². The van der Waals surface area contributed by atoms with E-state index in [1.807, 2.05) is 65.0 Å². The monoisotopic (exact) mass is 717 g/mol. The Morgan fingerprint density at radius 3 is 2.10 bits per heavy atom. The molecule has 1 fully saturated rings. The molecule has 0 aliphatic heterocycles. The molecule has 0 heterocycles. The van der Waals surface area contributed by atoms with Crippen molar-refractivity contribution in [2.75, 3.05) is 33.7 Å². The first kappa shape index (κ1) is 44.0. The molecule has 0 saturated heterocycles. The van der Waals surface area contributed by atoms with Crippen molar-refractivity contribution in [3.05, 3.63) is 35.9 Å². The molecule has 1 aliphatic carbocycles. The average molecular weight is 717 g/mol. The lowest BCUT2D eigenvalue weighted by molar-refractivity contribution is -0.135. The standard InChI is InChI=1S/C40H68N4O7/c1-28(2)23-34(45)36(47)33(25-31-19-13-10-14-20-31)42-37(48)29(3)27-41-38(49)32(24-30-17-11-9-12-18-30)26-35(46)43(7)21-15-16-22-44(8)39(50)51-40(4,5)6/h9,11-12,17-18,28-29,31-34,36,45,47H,10,13-16,19-27H2,1-8H3,(H,41,49)(H,42,48)/t29-,32-,33+,34+,36-/m1/s1. The number of ether oxygens (including phenoxy) is 1. The van der Waals surface area contributed by atoms with Gasteiger partial charge in [0.15, 0.2) is 0 Å². The van der Waals surface area contributed by atoms with Gasteiger partial charge in [-0.15, -0.1) is 0 Å². The quantitative estimate of drug-likeness (QED) is 0.134. The molecule has 1 aliphatic rings. The minimum Gasteiger partial charge on any atom is -0.444 e. The van der Waals surface area contributed by atoms with Gasteiger partial charge in [-0.25, -0.2) is 4.79 Å². The summed E-state index contributed by atoms with van der Waals surface area (Å²) in [5.41, 5.74) is 0.368. The number of aliphatic hydroxyl groups excluding tert-OH is 2. The van der Waals surface area contributed by atoms with Gasteiger partial charge in [-0.3, -0.25) is 14.4 Å². The summed E-state index contributed by atoms with van der Waals surface area (Å²) in [5.74, 6) is -1.40. The lowest BCUT2D eigenvalue weighted by Crippen LogP contribution is -2.52. The molecule has 5 atom stereocenters. The fourth-order valence-corrected chi connectivity index (χ4v) is 6.55. The third-order valence-corrected chi connectivity index (χ3v) is 9.67. The summed E-state index contributed by atoms with van der Waals surface area (Å²) in [7, 11) is 3.41. The van der Waals surface area contributed by atoms with Crippen LogP contribution in [0.1, 0.15) is 111 Å². The molecule has 4 N–H and O–H groups in total. The third kappa shape index (κ3) is 17.3. The highest BCUT2D eigenvalue weighted by Crippen LogP contribution is 2.29. The second kappa shape index (κ2) is 22.0. The van der Waals surface area contributed by atoms with Crippen LogP contribution in [0.25, 0.3) is 0 Å². The van der Waals surface area contributed by atoms with Crippen molar-refractivity contribution in [2.24, 2.45) is 23.7 Å². The lowest BCUT2D eigenvalue weighted by Gasteiger charge is -2.33. The molecular weight excluding hydrogens is 648 g/mol. The predicted molar refractivity (Wildman–Crippen MR) is 201 cm³/mol. The summed E-state index contributed by atoms with van der Waals surface area (Å²) in [6, 6.07) is 8.97. The number of hydrogen-bond acceptors (Lipinski definition) is 7. The van der Waals surface area contributed by atoms with E-state index in [1.165, 1.54) is 11.3 Å². The molecule has 11 nitrogen and oxygen atoms in total. The molecule has 0 bridgehead atoms. The molecule has 1 saturated carbocycles. The Kier molecular flexibility index (Phi) is 19.0. The minimum atomic E-state index is -1.08. The van der Waals surface area contributed by atoms with Crippen molar-refractivity contribution in [1.82, 2.24) is 20.4 Å². The van der Waals surface area contributed by atoms with Gasteiger partial charge in [0.2, 0.25) is 17.7 Å². The van der Waals surface area contributed by atoms with Crippen LogP contribution in [0.15, 0.2) is 30.3 Å². The highest BCUT2D eigenvalue weighted by atomic mass is 16.6. The van der Waals surface area contributed by atoms with E-state index in [9.17, 15) is 29.4 Å². The maximum Gasteiger partial charge on any atom is 0.410 e. The molecule has 0 aromatic heterocycles. The van der Waals surface area contributed by atoms with Crippen LogP contribution in [0.2, 0.25) is 0 Å². The third-order valence-electron chi connectivity index (χ3n) is 9.67. The van der Waals surface area contributed by atoms with Crippen LogP contribution in [-0.4, -0.2) is 101 Å². The van der Waals surface area contributed by atoms with E-state index in [2.05, 4.69) is 10.6 Å². The summed E-state index contributed by atoms with van der Waals surface area (Å²) >= 11 is 0. The van der Waals surface area contributed by atoms with Crippen LogP contribution in [0, 0.1) is 23.7 Å². The Morgan fingerprint density at radius 2 is 1.51 bits per heavy atom. The van der Waals surface area contributed by atoms with Crippen molar-refractivity contribution < 1.29 is 34.1 Å². The highest BCUT2D eigenvalue weighted by molar-refractivity contribution is 5.86. The van der Waals surface area contributed by atoms with Gasteiger partial charge in [0, 0.05) is 40.2 Å². The van der Waals surface area contributed by atoms with E-state index in [0.717, 1.165) is 31.2 Å². The zero-order valence-corrected chi connectivity index (χ0v) is 32.7. The van der Waals surface area contributed by atoms with E-state index in [-0.39, 0.29) is 42.7 Å². The van der Waals surface area contributed by atoms with Gasteiger partial charge >= 0.3 is 6.09 Å². The van der Waals surface area contributed by atoms with E-state index < -0.39 is 35.7 Å². The summed E-state index contributed by atoms with van der Waals surface area (Å²) < 4.78 is 5.40. The molecule has 0 radical (unpaired) electrons. The first-order valence-corrected chi connectivity index (χ1v) is 19.1. The van der Waals surface area contributed by atoms with Crippen LogP contribution >= 0.6 is 0 Å². The number of rotatable bonds is 20. The predicted octanol–water partition coefficient (Wildman–Crippen LogP) is 5.32. The summed E-state index contributed by atoms with van der Waals surface area (Å²) in [6.07, 6.45) is 5.96. The van der Waals surface area contributed by atoms with Crippen LogP contribution in [0.3, 0.4) is 0 Å². The van der Waals surface area contributed by atoms with Crippen LogP contribution < -0.4 is 10.6 Å². The number of benzene rings is 1. The Hall–Kier alpha value is -3.18. The molecule has 51 heavy (non-hydrogen) atoms.